The van der Waals surface area contributed by atoms with Crippen LogP contribution in [0.3, 0.4) is 0 Å². The number of benzene rings is 1. The first-order valence-corrected chi connectivity index (χ1v) is 14.6. The Labute approximate surface area is 231 Å². The van der Waals surface area contributed by atoms with Crippen LogP contribution in [-0.2, 0) is 22.4 Å². The Hall–Kier alpha value is -2.58. The minimum Gasteiger partial charge on any atom is -0.375 e. The Kier molecular flexibility index (Phi) is 10.5. The number of hydrogen-bond donors (Lipinski definition) is 3. The van der Waals surface area contributed by atoms with Gasteiger partial charge in [0, 0.05) is 50.3 Å². The Morgan fingerprint density at radius 2 is 1.92 bits per heavy atom. The molecule has 1 aliphatic heterocycles. The summed E-state index contributed by atoms with van der Waals surface area (Å²) in [7, 11) is 0. The number of aromatic nitrogens is 2. The fraction of sp³-hybridized carbons (Fsp3) is 0.621. The molecule has 1 aromatic carbocycles. The first kappa shape index (κ1) is 28.4. The van der Waals surface area contributed by atoms with Crippen molar-refractivity contribution < 1.29 is 14.3 Å². The van der Waals surface area contributed by atoms with Gasteiger partial charge in [0.15, 0.2) is 0 Å². The van der Waals surface area contributed by atoms with Gasteiger partial charge in [-0.3, -0.25) is 4.79 Å². The molecule has 4 rings (SSSR count). The second-order valence-corrected chi connectivity index (χ2v) is 11.1. The molecule has 0 unspecified atom stereocenters. The molecule has 0 bridgehead atoms. The summed E-state index contributed by atoms with van der Waals surface area (Å²) in [6.45, 7) is 4.65. The number of H-pyrrole nitrogens is 1. The number of imidazole rings is 1. The quantitative estimate of drug-likeness (QED) is 0.376. The van der Waals surface area contributed by atoms with Crippen molar-refractivity contribution in [3.05, 3.63) is 53.1 Å². The number of carbonyl (C=O) groups is 2. The van der Waals surface area contributed by atoms with Crippen molar-refractivity contribution in [2.45, 2.75) is 82.8 Å². The molecule has 1 saturated heterocycles. The average molecular weight is 544 g/mol. The Morgan fingerprint density at radius 3 is 2.58 bits per heavy atom. The van der Waals surface area contributed by atoms with Crippen molar-refractivity contribution in [1.82, 2.24) is 25.5 Å². The van der Waals surface area contributed by atoms with Crippen LogP contribution >= 0.6 is 11.6 Å². The zero-order valence-corrected chi connectivity index (χ0v) is 23.3. The van der Waals surface area contributed by atoms with Crippen molar-refractivity contribution in [3.63, 3.8) is 0 Å². The van der Waals surface area contributed by atoms with Gasteiger partial charge >= 0.3 is 6.03 Å². The molecule has 2 fully saturated rings. The molecule has 1 aromatic heterocycles. The minimum absolute atomic E-state index is 0.0462. The third-order valence-electron chi connectivity index (χ3n) is 8.04. The summed E-state index contributed by atoms with van der Waals surface area (Å²) < 4.78 is 6.56. The highest BCUT2D eigenvalue weighted by molar-refractivity contribution is 6.30. The van der Waals surface area contributed by atoms with Crippen molar-refractivity contribution in [2.24, 2.45) is 5.92 Å². The molecule has 1 aliphatic carbocycles. The molecule has 208 valence electrons. The van der Waals surface area contributed by atoms with Gasteiger partial charge in [0.05, 0.1) is 17.6 Å². The van der Waals surface area contributed by atoms with E-state index in [1.807, 2.05) is 29.2 Å². The van der Waals surface area contributed by atoms with Crippen LogP contribution < -0.4 is 10.6 Å². The number of hydrogen-bond acceptors (Lipinski definition) is 4. The molecule has 0 radical (unpaired) electrons. The first-order chi connectivity index (χ1) is 18.5. The van der Waals surface area contributed by atoms with Gasteiger partial charge in [-0.2, -0.15) is 0 Å². The number of rotatable bonds is 11. The van der Waals surface area contributed by atoms with Gasteiger partial charge in [0.1, 0.15) is 6.04 Å². The number of carbonyl (C=O) groups excluding carboxylic acids is 2. The molecule has 1 atom stereocenters. The monoisotopic (exact) mass is 543 g/mol. The number of nitrogens with zero attached hydrogens (tertiary/aromatic N) is 2. The summed E-state index contributed by atoms with van der Waals surface area (Å²) in [4.78, 5) is 35.6. The lowest BCUT2D eigenvalue weighted by Gasteiger charge is -2.48. The fourth-order valence-electron chi connectivity index (χ4n) is 5.93. The molecule has 0 spiro atoms. The summed E-state index contributed by atoms with van der Waals surface area (Å²) in [5.41, 5.74) is 1.69. The van der Waals surface area contributed by atoms with Gasteiger partial charge in [-0.25, -0.2) is 9.78 Å². The van der Waals surface area contributed by atoms with Crippen molar-refractivity contribution in [2.75, 3.05) is 26.2 Å². The maximum atomic E-state index is 13.8. The van der Waals surface area contributed by atoms with E-state index in [1.165, 1.54) is 32.1 Å². The molecule has 1 saturated carbocycles. The van der Waals surface area contributed by atoms with E-state index in [2.05, 4.69) is 27.5 Å². The fourth-order valence-corrected chi connectivity index (χ4v) is 6.05. The van der Waals surface area contributed by atoms with E-state index in [0.29, 0.717) is 43.4 Å². The molecule has 3 N–H and O–H groups in total. The second-order valence-electron chi connectivity index (χ2n) is 10.7. The summed E-state index contributed by atoms with van der Waals surface area (Å²) in [5.74, 6) is 0.526. The topological polar surface area (TPSA) is 99.4 Å². The lowest BCUT2D eigenvalue weighted by molar-refractivity contribution is -0.149. The Bertz CT molecular complexity index is 1000. The Balaban J connectivity index is 1.39. The number of aromatic amines is 1. The maximum Gasteiger partial charge on any atom is 0.315 e. The molecule has 2 aliphatic rings. The van der Waals surface area contributed by atoms with Crippen molar-refractivity contribution in [1.29, 1.82) is 0 Å². The molecule has 9 heteroatoms. The van der Waals surface area contributed by atoms with E-state index in [1.54, 1.807) is 12.5 Å². The van der Waals surface area contributed by atoms with Crippen LogP contribution in [0.4, 0.5) is 4.79 Å². The highest BCUT2D eigenvalue weighted by atomic mass is 35.5. The van der Waals surface area contributed by atoms with Crippen LogP contribution in [0.25, 0.3) is 0 Å². The molecular formula is C29H42ClN5O3. The molecule has 2 aromatic rings. The zero-order valence-electron chi connectivity index (χ0n) is 22.5. The lowest BCUT2D eigenvalue weighted by atomic mass is 9.72. The number of likely N-dealkylation sites (tertiary alicyclic amines) is 1. The van der Waals surface area contributed by atoms with Gasteiger partial charge in [-0.05, 0) is 55.7 Å². The molecule has 3 amide bonds. The number of amides is 3. The highest BCUT2D eigenvalue weighted by Crippen LogP contribution is 2.42. The van der Waals surface area contributed by atoms with E-state index in [-0.39, 0.29) is 17.5 Å². The van der Waals surface area contributed by atoms with Crippen LogP contribution in [0.15, 0.2) is 36.8 Å². The average Bonchev–Trinajstić information content (AvgIpc) is 3.47. The van der Waals surface area contributed by atoms with Gasteiger partial charge in [-0.15, -0.1) is 0 Å². The van der Waals surface area contributed by atoms with Crippen molar-refractivity contribution >= 4 is 23.5 Å². The largest absolute Gasteiger partial charge is 0.375 e. The summed E-state index contributed by atoms with van der Waals surface area (Å²) in [6.07, 6.45) is 13.4. The highest BCUT2D eigenvalue weighted by Gasteiger charge is 2.44. The van der Waals surface area contributed by atoms with E-state index >= 15 is 0 Å². The minimum atomic E-state index is -0.666. The summed E-state index contributed by atoms with van der Waals surface area (Å²) in [5, 5.41) is 6.45. The smallest absolute Gasteiger partial charge is 0.315 e. The number of piperidine rings is 1. The summed E-state index contributed by atoms with van der Waals surface area (Å²) in [6, 6.07) is 6.42. The molecule has 2 heterocycles. The van der Waals surface area contributed by atoms with E-state index in [9.17, 15) is 9.59 Å². The van der Waals surface area contributed by atoms with Crippen LogP contribution in [0.5, 0.6) is 0 Å². The third-order valence-corrected chi connectivity index (χ3v) is 8.29. The van der Waals surface area contributed by atoms with Gasteiger partial charge in [-0.1, -0.05) is 49.9 Å². The normalized spacial score (nSPS) is 18.6. The van der Waals surface area contributed by atoms with Crippen LogP contribution in [0.1, 0.15) is 69.5 Å². The summed E-state index contributed by atoms with van der Waals surface area (Å²) >= 11 is 6.07. The van der Waals surface area contributed by atoms with Crippen LogP contribution in [0, 0.1) is 5.92 Å². The number of urea groups is 1. The molecule has 8 nitrogen and oxygen atoms in total. The van der Waals surface area contributed by atoms with Crippen LogP contribution in [0.2, 0.25) is 5.02 Å². The number of ether oxygens (including phenoxy) is 1. The predicted molar refractivity (Wildman–Crippen MR) is 149 cm³/mol. The SMILES string of the molecule is CCCOC1(C2CCCCC2)CCN(C(=O)[C@@H](Cc2ccc(Cl)cc2)NC(=O)NCCc2c[nH]cn2)CC1. The van der Waals surface area contributed by atoms with E-state index < -0.39 is 6.04 Å². The molecule has 38 heavy (non-hydrogen) atoms. The lowest BCUT2D eigenvalue weighted by Crippen LogP contribution is -2.57. The van der Waals surface area contributed by atoms with Gasteiger partial charge in [0.25, 0.3) is 0 Å². The van der Waals surface area contributed by atoms with Gasteiger partial charge < -0.3 is 25.3 Å². The van der Waals surface area contributed by atoms with Gasteiger partial charge in [0.2, 0.25) is 5.91 Å². The van der Waals surface area contributed by atoms with E-state index in [0.717, 1.165) is 37.1 Å². The predicted octanol–water partition coefficient (Wildman–Crippen LogP) is 4.88. The van der Waals surface area contributed by atoms with Crippen LogP contribution in [-0.4, -0.2) is 64.7 Å². The number of nitrogens with one attached hydrogen (secondary N) is 3. The second kappa shape index (κ2) is 14.0. The first-order valence-electron chi connectivity index (χ1n) is 14.2. The Morgan fingerprint density at radius 1 is 1.18 bits per heavy atom. The van der Waals surface area contributed by atoms with Crippen molar-refractivity contribution in [3.8, 4) is 0 Å². The zero-order chi connectivity index (χ0) is 26.8. The molecular weight excluding hydrogens is 502 g/mol. The standard InChI is InChI=1S/C29H42ClN5O3/c1-2-18-38-29(23-6-4-3-5-7-23)13-16-35(17-14-29)27(36)26(19-22-8-10-24(30)11-9-22)34-28(37)32-15-12-25-20-31-21-33-25/h8-11,20-21,23,26H,2-7,12-19H2,1H3,(H,31,33)(H2,32,34,37)/t26-/m1/s1. The maximum absolute atomic E-state index is 13.8. The number of halogens is 1. The van der Waals surface area contributed by atoms with E-state index in [4.69, 9.17) is 16.3 Å². The third kappa shape index (κ3) is 7.73.